The van der Waals surface area contributed by atoms with Crippen LogP contribution in [0.15, 0.2) is 12.1 Å². The monoisotopic (exact) mass is 234 g/mol. The molecule has 1 aromatic rings. The number of pyridine rings is 1. The van der Waals surface area contributed by atoms with Crippen molar-refractivity contribution in [2.45, 2.75) is 32.3 Å². The number of aliphatic hydroxyl groups is 1. The number of hydrogen-bond donors (Lipinski definition) is 3. The number of nitrogen functional groups attached to an aromatic ring is 1. The van der Waals surface area contributed by atoms with E-state index in [-0.39, 0.29) is 5.69 Å². The Morgan fingerprint density at radius 3 is 2.88 bits per heavy atom. The van der Waals surface area contributed by atoms with Crippen molar-refractivity contribution in [3.8, 4) is 6.07 Å². The maximum Gasteiger partial charge on any atom is 0.165 e. The summed E-state index contributed by atoms with van der Waals surface area (Å²) in [5, 5.41) is 21.8. The van der Waals surface area contributed by atoms with Gasteiger partial charge in [-0.3, -0.25) is 0 Å². The van der Waals surface area contributed by atoms with Crippen molar-refractivity contribution in [1.82, 2.24) is 4.98 Å². The van der Waals surface area contributed by atoms with Crippen LogP contribution in [-0.4, -0.2) is 22.2 Å². The van der Waals surface area contributed by atoms with Gasteiger partial charge in [-0.25, -0.2) is 4.98 Å². The third kappa shape index (κ3) is 3.93. The van der Waals surface area contributed by atoms with Crippen molar-refractivity contribution in [3.05, 3.63) is 17.8 Å². The average molecular weight is 234 g/mol. The molecule has 0 aliphatic rings. The Balaban J connectivity index is 2.67. The van der Waals surface area contributed by atoms with Crippen molar-refractivity contribution in [2.75, 3.05) is 17.6 Å². The van der Waals surface area contributed by atoms with Gasteiger partial charge in [0.2, 0.25) is 0 Å². The van der Waals surface area contributed by atoms with E-state index in [0.717, 1.165) is 6.42 Å². The first-order chi connectivity index (χ1) is 7.98. The van der Waals surface area contributed by atoms with Crippen molar-refractivity contribution >= 4 is 11.5 Å². The zero-order valence-electron chi connectivity index (χ0n) is 10.2. The molecule has 0 radical (unpaired) electrons. The van der Waals surface area contributed by atoms with Gasteiger partial charge in [0.05, 0.1) is 11.3 Å². The summed E-state index contributed by atoms with van der Waals surface area (Å²) in [5.41, 5.74) is 5.35. The zero-order chi connectivity index (χ0) is 12.9. The Hall–Kier alpha value is -1.80. The van der Waals surface area contributed by atoms with Gasteiger partial charge in [0.25, 0.3) is 0 Å². The van der Waals surface area contributed by atoms with Crippen LogP contribution in [-0.2, 0) is 0 Å². The van der Waals surface area contributed by atoms with E-state index in [9.17, 15) is 5.11 Å². The predicted octanol–water partition coefficient (Wildman–Crippen LogP) is 1.50. The van der Waals surface area contributed by atoms with E-state index in [1.807, 2.05) is 13.0 Å². The van der Waals surface area contributed by atoms with Gasteiger partial charge in [-0.05, 0) is 25.5 Å². The fourth-order valence-electron chi connectivity index (χ4n) is 1.57. The van der Waals surface area contributed by atoms with Crippen molar-refractivity contribution in [3.63, 3.8) is 0 Å². The van der Waals surface area contributed by atoms with Gasteiger partial charge >= 0.3 is 0 Å². The quantitative estimate of drug-likeness (QED) is 0.717. The molecule has 1 unspecified atom stereocenters. The molecule has 1 aromatic heterocycles. The zero-order valence-corrected chi connectivity index (χ0v) is 10.2. The minimum absolute atomic E-state index is 0.199. The molecule has 0 spiro atoms. The highest BCUT2D eigenvalue weighted by Crippen LogP contribution is 2.15. The first kappa shape index (κ1) is 13.3. The summed E-state index contributed by atoms with van der Waals surface area (Å²) < 4.78 is 0. The molecular formula is C12H18N4O. The molecule has 0 aromatic carbocycles. The second kappa shape index (κ2) is 5.51. The van der Waals surface area contributed by atoms with E-state index in [4.69, 9.17) is 11.0 Å². The molecule has 0 amide bonds. The Morgan fingerprint density at radius 2 is 2.29 bits per heavy atom. The van der Waals surface area contributed by atoms with Gasteiger partial charge < -0.3 is 16.2 Å². The summed E-state index contributed by atoms with van der Waals surface area (Å²) in [4.78, 5) is 4.05. The van der Waals surface area contributed by atoms with Gasteiger partial charge in [0.15, 0.2) is 5.69 Å². The van der Waals surface area contributed by atoms with Crippen LogP contribution in [0.1, 0.15) is 32.4 Å². The maximum atomic E-state index is 9.98. The number of anilines is 2. The van der Waals surface area contributed by atoms with Crippen molar-refractivity contribution in [1.29, 1.82) is 5.26 Å². The molecular weight excluding hydrogens is 216 g/mol. The first-order valence-corrected chi connectivity index (χ1v) is 5.61. The van der Waals surface area contributed by atoms with E-state index in [1.165, 1.54) is 0 Å². The lowest BCUT2D eigenvalue weighted by Crippen LogP contribution is -2.33. The SMILES string of the molecule is CCCC(C)(O)CNc1ccc(N)c(C#N)n1. The van der Waals surface area contributed by atoms with Gasteiger partial charge in [-0.2, -0.15) is 5.26 Å². The standard InChI is InChI=1S/C12H18N4O/c1-3-6-12(2,17)8-15-11-5-4-9(14)10(7-13)16-11/h4-5,17H,3,6,8,14H2,1-2H3,(H,15,16). The van der Waals surface area contributed by atoms with Crippen LogP contribution in [0.5, 0.6) is 0 Å². The molecule has 5 nitrogen and oxygen atoms in total. The Kier molecular flexibility index (Phi) is 4.30. The minimum atomic E-state index is -0.773. The molecule has 0 bridgehead atoms. The van der Waals surface area contributed by atoms with Crippen molar-refractivity contribution in [2.24, 2.45) is 0 Å². The minimum Gasteiger partial charge on any atom is -0.396 e. The van der Waals surface area contributed by atoms with E-state index in [0.29, 0.717) is 24.5 Å². The number of aromatic nitrogens is 1. The summed E-state index contributed by atoms with van der Waals surface area (Å²) in [5.74, 6) is 0.548. The molecule has 0 aliphatic carbocycles. The third-order valence-electron chi connectivity index (χ3n) is 2.47. The summed E-state index contributed by atoms with van der Waals surface area (Å²) >= 11 is 0. The molecule has 1 heterocycles. The fraction of sp³-hybridized carbons (Fsp3) is 0.500. The number of nitrogens with zero attached hydrogens (tertiary/aromatic N) is 2. The number of nitriles is 1. The lowest BCUT2D eigenvalue weighted by molar-refractivity contribution is 0.0636. The Morgan fingerprint density at radius 1 is 1.59 bits per heavy atom. The summed E-state index contributed by atoms with van der Waals surface area (Å²) in [7, 11) is 0. The molecule has 1 rings (SSSR count). The molecule has 92 valence electrons. The first-order valence-electron chi connectivity index (χ1n) is 5.61. The number of nitrogens with one attached hydrogen (secondary N) is 1. The van der Waals surface area contributed by atoms with Crippen LogP contribution < -0.4 is 11.1 Å². The molecule has 4 N–H and O–H groups in total. The normalized spacial score (nSPS) is 13.8. The van der Waals surface area contributed by atoms with Gasteiger partial charge in [0, 0.05) is 6.54 Å². The van der Waals surface area contributed by atoms with E-state index < -0.39 is 5.60 Å². The third-order valence-corrected chi connectivity index (χ3v) is 2.47. The lowest BCUT2D eigenvalue weighted by Gasteiger charge is -2.23. The molecule has 0 fully saturated rings. The topological polar surface area (TPSA) is 95.0 Å². The predicted molar refractivity (Wildman–Crippen MR) is 67.4 cm³/mol. The van der Waals surface area contributed by atoms with E-state index >= 15 is 0 Å². The van der Waals surface area contributed by atoms with Crippen LogP contribution in [0, 0.1) is 11.3 Å². The molecule has 0 saturated heterocycles. The summed E-state index contributed by atoms with van der Waals surface area (Å²) in [6, 6.07) is 5.24. The van der Waals surface area contributed by atoms with Crippen LogP contribution in [0.25, 0.3) is 0 Å². The van der Waals surface area contributed by atoms with Crippen LogP contribution in [0.4, 0.5) is 11.5 Å². The molecule has 17 heavy (non-hydrogen) atoms. The molecule has 5 heteroatoms. The number of rotatable bonds is 5. The Labute approximate surface area is 101 Å². The Bertz CT molecular complexity index is 423. The largest absolute Gasteiger partial charge is 0.396 e. The molecule has 1 atom stereocenters. The molecule has 0 saturated carbocycles. The highest BCUT2D eigenvalue weighted by molar-refractivity contribution is 5.54. The second-order valence-corrected chi connectivity index (χ2v) is 4.35. The second-order valence-electron chi connectivity index (χ2n) is 4.35. The summed E-state index contributed by atoms with van der Waals surface area (Å²) in [6.45, 7) is 4.18. The highest BCUT2D eigenvalue weighted by Gasteiger charge is 2.18. The van der Waals surface area contributed by atoms with Crippen LogP contribution in [0.3, 0.4) is 0 Å². The van der Waals surface area contributed by atoms with E-state index in [1.54, 1.807) is 19.1 Å². The van der Waals surface area contributed by atoms with Crippen molar-refractivity contribution < 1.29 is 5.11 Å². The number of hydrogen-bond acceptors (Lipinski definition) is 5. The number of nitrogens with two attached hydrogens (primary N) is 1. The van der Waals surface area contributed by atoms with Gasteiger partial charge in [-0.15, -0.1) is 0 Å². The average Bonchev–Trinajstić information content (AvgIpc) is 2.28. The lowest BCUT2D eigenvalue weighted by atomic mass is 10.0. The highest BCUT2D eigenvalue weighted by atomic mass is 16.3. The van der Waals surface area contributed by atoms with Gasteiger partial charge in [0.1, 0.15) is 11.9 Å². The van der Waals surface area contributed by atoms with Crippen LogP contribution >= 0.6 is 0 Å². The molecule has 0 aliphatic heterocycles. The van der Waals surface area contributed by atoms with Crippen LogP contribution in [0.2, 0.25) is 0 Å². The van der Waals surface area contributed by atoms with E-state index in [2.05, 4.69) is 10.3 Å². The fourth-order valence-corrected chi connectivity index (χ4v) is 1.57. The maximum absolute atomic E-state index is 9.98. The smallest absolute Gasteiger partial charge is 0.165 e. The van der Waals surface area contributed by atoms with Gasteiger partial charge in [-0.1, -0.05) is 13.3 Å². The summed E-state index contributed by atoms with van der Waals surface area (Å²) in [6.07, 6.45) is 1.62.